The van der Waals surface area contributed by atoms with Gasteiger partial charge < -0.3 is 4.74 Å². The van der Waals surface area contributed by atoms with Crippen LogP contribution >= 0.6 is 11.6 Å². The highest BCUT2D eigenvalue weighted by atomic mass is 35.5. The van der Waals surface area contributed by atoms with E-state index in [4.69, 9.17) is 16.3 Å². The van der Waals surface area contributed by atoms with Crippen LogP contribution < -0.4 is 4.74 Å². The molecule has 0 unspecified atom stereocenters. The molecule has 2 rings (SSSR count). The minimum absolute atomic E-state index is 0.103. The Kier molecular flexibility index (Phi) is 3.63. The Morgan fingerprint density at radius 2 is 1.94 bits per heavy atom. The summed E-state index contributed by atoms with van der Waals surface area (Å²) in [4.78, 5) is 11.7. The van der Waals surface area contributed by atoms with Crippen LogP contribution in [0, 0.1) is 12.7 Å². The van der Waals surface area contributed by atoms with Gasteiger partial charge in [-0.25, -0.2) is 9.18 Å². The second kappa shape index (κ2) is 5.19. The average Bonchev–Trinajstić information content (AvgIpc) is 2.34. The van der Waals surface area contributed by atoms with E-state index in [0.29, 0.717) is 10.8 Å². The molecule has 0 aliphatic carbocycles. The number of esters is 1. The second-order valence-electron chi connectivity index (χ2n) is 3.78. The molecule has 4 heteroatoms. The third-order valence-electron chi connectivity index (χ3n) is 2.45. The van der Waals surface area contributed by atoms with E-state index in [0.717, 1.165) is 5.56 Å². The van der Waals surface area contributed by atoms with Crippen molar-refractivity contribution in [2.24, 2.45) is 0 Å². The molecular formula is C14H10ClFO2. The van der Waals surface area contributed by atoms with Gasteiger partial charge in [0.15, 0.2) is 0 Å². The number of hydrogen-bond acceptors (Lipinski definition) is 2. The maximum Gasteiger partial charge on any atom is 0.346 e. The Morgan fingerprint density at radius 3 is 2.61 bits per heavy atom. The molecule has 0 saturated carbocycles. The molecule has 92 valence electrons. The topological polar surface area (TPSA) is 26.3 Å². The van der Waals surface area contributed by atoms with Gasteiger partial charge in [-0.05, 0) is 36.8 Å². The lowest BCUT2D eigenvalue weighted by molar-refractivity contribution is 0.0730. The van der Waals surface area contributed by atoms with E-state index in [1.54, 1.807) is 18.2 Å². The molecule has 0 N–H and O–H groups in total. The van der Waals surface area contributed by atoms with Crippen LogP contribution in [0.4, 0.5) is 4.39 Å². The molecule has 2 aromatic carbocycles. The van der Waals surface area contributed by atoms with Crippen LogP contribution in [0.1, 0.15) is 15.9 Å². The zero-order valence-electron chi connectivity index (χ0n) is 9.61. The summed E-state index contributed by atoms with van der Waals surface area (Å²) < 4.78 is 18.4. The fourth-order valence-corrected chi connectivity index (χ4v) is 1.60. The Morgan fingerprint density at radius 1 is 1.22 bits per heavy atom. The molecule has 0 radical (unpaired) electrons. The Bertz CT molecular complexity index is 596. The smallest absolute Gasteiger partial charge is 0.346 e. The molecule has 0 amide bonds. The second-order valence-corrected chi connectivity index (χ2v) is 4.19. The van der Waals surface area contributed by atoms with Gasteiger partial charge in [0.05, 0.1) is 5.56 Å². The first-order chi connectivity index (χ1) is 8.58. The fourth-order valence-electron chi connectivity index (χ4n) is 1.43. The predicted molar refractivity (Wildman–Crippen MR) is 67.5 cm³/mol. The first-order valence-corrected chi connectivity index (χ1v) is 5.68. The molecule has 18 heavy (non-hydrogen) atoms. The van der Waals surface area contributed by atoms with Crippen LogP contribution in [0.15, 0.2) is 42.5 Å². The van der Waals surface area contributed by atoms with Crippen molar-refractivity contribution >= 4 is 17.6 Å². The fraction of sp³-hybridized carbons (Fsp3) is 0.0714. The van der Waals surface area contributed by atoms with E-state index in [1.807, 2.05) is 6.92 Å². The van der Waals surface area contributed by atoms with E-state index in [2.05, 4.69) is 0 Å². The van der Waals surface area contributed by atoms with Crippen molar-refractivity contribution in [2.45, 2.75) is 6.92 Å². The normalized spacial score (nSPS) is 10.2. The zero-order valence-corrected chi connectivity index (χ0v) is 10.4. The van der Waals surface area contributed by atoms with Crippen LogP contribution in [0.5, 0.6) is 5.75 Å². The minimum atomic E-state index is -0.743. The first-order valence-electron chi connectivity index (χ1n) is 5.31. The van der Waals surface area contributed by atoms with E-state index >= 15 is 0 Å². The minimum Gasteiger partial charge on any atom is -0.423 e. The molecule has 2 nitrogen and oxygen atoms in total. The van der Waals surface area contributed by atoms with Crippen molar-refractivity contribution in [1.29, 1.82) is 0 Å². The summed E-state index contributed by atoms with van der Waals surface area (Å²) in [6, 6.07) is 10.5. The number of ether oxygens (including phenoxy) is 1. The summed E-state index contributed by atoms with van der Waals surface area (Å²) >= 11 is 5.91. The van der Waals surface area contributed by atoms with E-state index in [9.17, 15) is 9.18 Å². The highest BCUT2D eigenvalue weighted by Gasteiger charge is 2.13. The highest BCUT2D eigenvalue weighted by molar-refractivity contribution is 6.31. The highest BCUT2D eigenvalue weighted by Crippen LogP contribution is 2.22. The lowest BCUT2D eigenvalue weighted by atomic mass is 10.2. The SMILES string of the molecule is Cc1ccc(OC(=O)c2ccccc2F)cc1Cl. The van der Waals surface area contributed by atoms with Crippen LogP contribution in [0.2, 0.25) is 5.02 Å². The number of rotatable bonds is 2. The summed E-state index contributed by atoms with van der Waals surface area (Å²) in [5.41, 5.74) is 0.775. The van der Waals surface area contributed by atoms with Gasteiger partial charge in [-0.15, -0.1) is 0 Å². The van der Waals surface area contributed by atoms with Crippen LogP contribution in [-0.2, 0) is 0 Å². The number of carbonyl (C=O) groups excluding carboxylic acids is 1. The number of halogens is 2. The Balaban J connectivity index is 2.22. The quantitative estimate of drug-likeness (QED) is 0.605. The summed E-state index contributed by atoms with van der Waals surface area (Å²) in [5, 5.41) is 0.494. The van der Waals surface area contributed by atoms with E-state index < -0.39 is 11.8 Å². The largest absolute Gasteiger partial charge is 0.423 e. The van der Waals surface area contributed by atoms with Crippen LogP contribution in [0.3, 0.4) is 0 Å². The predicted octanol–water partition coefficient (Wildman–Crippen LogP) is 4.01. The van der Waals surface area contributed by atoms with Crippen LogP contribution in [0.25, 0.3) is 0 Å². The van der Waals surface area contributed by atoms with Crippen molar-refractivity contribution in [3.63, 3.8) is 0 Å². The molecule has 2 aromatic rings. The van der Waals surface area contributed by atoms with E-state index in [-0.39, 0.29) is 5.56 Å². The molecule has 0 fully saturated rings. The molecule has 0 aliphatic heterocycles. The van der Waals surface area contributed by atoms with Gasteiger partial charge in [0, 0.05) is 5.02 Å². The molecule has 0 aromatic heterocycles. The Labute approximate surface area is 109 Å². The van der Waals surface area contributed by atoms with Crippen molar-refractivity contribution in [2.75, 3.05) is 0 Å². The molecule has 0 aliphatic rings. The number of hydrogen-bond donors (Lipinski definition) is 0. The van der Waals surface area contributed by atoms with Gasteiger partial charge in [0.25, 0.3) is 0 Å². The molecule has 0 spiro atoms. The molecule has 0 bridgehead atoms. The summed E-state index contributed by atoms with van der Waals surface area (Å²) in [6.45, 7) is 1.84. The monoisotopic (exact) mass is 264 g/mol. The third kappa shape index (κ3) is 2.68. The van der Waals surface area contributed by atoms with Crippen molar-refractivity contribution in [1.82, 2.24) is 0 Å². The molecule has 0 saturated heterocycles. The number of carbonyl (C=O) groups is 1. The van der Waals surface area contributed by atoms with Crippen molar-refractivity contribution in [3.05, 3.63) is 64.4 Å². The number of aryl methyl sites for hydroxylation is 1. The lowest BCUT2D eigenvalue weighted by Gasteiger charge is -2.06. The molecule has 0 heterocycles. The lowest BCUT2D eigenvalue weighted by Crippen LogP contribution is -2.10. The van der Waals surface area contributed by atoms with Gasteiger partial charge in [-0.2, -0.15) is 0 Å². The van der Waals surface area contributed by atoms with Gasteiger partial charge in [0.1, 0.15) is 11.6 Å². The van der Waals surface area contributed by atoms with Gasteiger partial charge in [0.2, 0.25) is 0 Å². The average molecular weight is 265 g/mol. The molecular weight excluding hydrogens is 255 g/mol. The van der Waals surface area contributed by atoms with Gasteiger partial charge in [-0.3, -0.25) is 0 Å². The van der Waals surface area contributed by atoms with Gasteiger partial charge in [-0.1, -0.05) is 29.8 Å². The van der Waals surface area contributed by atoms with Crippen molar-refractivity contribution < 1.29 is 13.9 Å². The van der Waals surface area contributed by atoms with Crippen molar-refractivity contribution in [3.8, 4) is 5.75 Å². The Hall–Kier alpha value is -1.87. The first kappa shape index (κ1) is 12.6. The van der Waals surface area contributed by atoms with Gasteiger partial charge >= 0.3 is 5.97 Å². The standard InChI is InChI=1S/C14H10ClFO2/c1-9-6-7-10(8-12(9)15)18-14(17)11-4-2-3-5-13(11)16/h2-8H,1H3. The van der Waals surface area contributed by atoms with E-state index in [1.165, 1.54) is 24.3 Å². The number of benzene rings is 2. The summed E-state index contributed by atoms with van der Waals surface area (Å²) in [6.07, 6.45) is 0. The summed E-state index contributed by atoms with van der Waals surface area (Å²) in [5.74, 6) is -1.06. The zero-order chi connectivity index (χ0) is 13.1. The third-order valence-corrected chi connectivity index (χ3v) is 2.85. The molecule has 0 atom stereocenters. The summed E-state index contributed by atoms with van der Waals surface area (Å²) in [7, 11) is 0. The van der Waals surface area contributed by atoms with Crippen LogP contribution in [-0.4, -0.2) is 5.97 Å². The maximum absolute atomic E-state index is 13.4. The maximum atomic E-state index is 13.4.